The number of aliphatic imine (C=N–C) groups is 1. The standard InChI is InChI=1S/C23H20N2O3/c1-14-7-10-20-19(11-14)25-23(28-20)16-9-8-15(2)18(12-16)24-13-17-5-4-6-21(27-3)22(17)26/h4-13,26H,1-3H3. The Bertz CT molecular complexity index is 1190. The van der Waals surface area contributed by atoms with Crippen LogP contribution >= 0.6 is 0 Å². The highest BCUT2D eigenvalue weighted by Gasteiger charge is 2.10. The van der Waals surface area contributed by atoms with Crippen molar-refractivity contribution in [2.45, 2.75) is 13.8 Å². The third-order valence-corrected chi connectivity index (χ3v) is 4.59. The maximum absolute atomic E-state index is 10.2. The number of para-hydroxylation sites is 1. The lowest BCUT2D eigenvalue weighted by Gasteiger charge is -2.06. The van der Waals surface area contributed by atoms with E-state index in [1.54, 1.807) is 18.3 Å². The minimum Gasteiger partial charge on any atom is -0.504 e. The van der Waals surface area contributed by atoms with Crippen molar-refractivity contribution in [1.82, 2.24) is 4.98 Å². The fraction of sp³-hybridized carbons (Fsp3) is 0.130. The Morgan fingerprint density at radius 3 is 2.75 bits per heavy atom. The second-order valence-corrected chi connectivity index (χ2v) is 6.65. The van der Waals surface area contributed by atoms with Crippen molar-refractivity contribution in [3.05, 3.63) is 71.3 Å². The molecule has 1 heterocycles. The Morgan fingerprint density at radius 1 is 1.07 bits per heavy atom. The lowest BCUT2D eigenvalue weighted by molar-refractivity contribution is 0.373. The smallest absolute Gasteiger partial charge is 0.227 e. The molecular formula is C23H20N2O3. The lowest BCUT2D eigenvalue weighted by Crippen LogP contribution is -1.88. The van der Waals surface area contributed by atoms with Crippen LogP contribution in [0.25, 0.3) is 22.6 Å². The number of benzene rings is 3. The number of hydrogen-bond donors (Lipinski definition) is 1. The van der Waals surface area contributed by atoms with Crippen molar-refractivity contribution >= 4 is 23.0 Å². The van der Waals surface area contributed by atoms with Crippen LogP contribution in [0.15, 0.2) is 64.0 Å². The maximum atomic E-state index is 10.2. The summed E-state index contributed by atoms with van der Waals surface area (Å²) in [7, 11) is 1.52. The van der Waals surface area contributed by atoms with E-state index in [1.807, 2.05) is 56.3 Å². The number of hydrogen-bond acceptors (Lipinski definition) is 5. The summed E-state index contributed by atoms with van der Waals surface area (Å²) in [6, 6.07) is 17.1. The lowest BCUT2D eigenvalue weighted by atomic mass is 10.1. The molecular weight excluding hydrogens is 352 g/mol. The molecule has 3 aromatic carbocycles. The summed E-state index contributed by atoms with van der Waals surface area (Å²) in [4.78, 5) is 9.15. The molecule has 0 fully saturated rings. The van der Waals surface area contributed by atoms with E-state index in [0.29, 0.717) is 17.2 Å². The molecule has 0 unspecified atom stereocenters. The van der Waals surface area contributed by atoms with Crippen LogP contribution in [0.1, 0.15) is 16.7 Å². The van der Waals surface area contributed by atoms with E-state index in [1.165, 1.54) is 7.11 Å². The van der Waals surface area contributed by atoms with Crippen LogP contribution in [0, 0.1) is 13.8 Å². The number of phenols is 1. The van der Waals surface area contributed by atoms with E-state index < -0.39 is 0 Å². The highest BCUT2D eigenvalue weighted by molar-refractivity contribution is 5.87. The van der Waals surface area contributed by atoms with E-state index in [2.05, 4.69) is 9.98 Å². The van der Waals surface area contributed by atoms with E-state index in [0.717, 1.165) is 33.5 Å². The zero-order valence-electron chi connectivity index (χ0n) is 15.9. The molecule has 0 saturated heterocycles. The number of rotatable bonds is 4. The Labute approximate surface area is 163 Å². The normalized spacial score (nSPS) is 11.4. The van der Waals surface area contributed by atoms with Crippen LogP contribution < -0.4 is 4.74 Å². The van der Waals surface area contributed by atoms with Crippen molar-refractivity contribution in [2.24, 2.45) is 4.99 Å². The fourth-order valence-electron chi connectivity index (χ4n) is 2.99. The number of ether oxygens (including phenoxy) is 1. The molecule has 0 saturated carbocycles. The minimum atomic E-state index is 0.0666. The first-order valence-corrected chi connectivity index (χ1v) is 8.93. The quantitative estimate of drug-likeness (QED) is 0.475. The third-order valence-electron chi connectivity index (χ3n) is 4.59. The molecule has 5 nitrogen and oxygen atoms in total. The summed E-state index contributed by atoms with van der Waals surface area (Å²) >= 11 is 0. The van der Waals surface area contributed by atoms with E-state index in [4.69, 9.17) is 9.15 Å². The summed E-state index contributed by atoms with van der Waals surface area (Å²) in [6.45, 7) is 4.01. The zero-order chi connectivity index (χ0) is 19.7. The Hall–Kier alpha value is -3.60. The monoisotopic (exact) mass is 372 g/mol. The maximum Gasteiger partial charge on any atom is 0.227 e. The predicted octanol–water partition coefficient (Wildman–Crippen LogP) is 5.58. The largest absolute Gasteiger partial charge is 0.504 e. The molecule has 0 amide bonds. The van der Waals surface area contributed by atoms with Crippen LogP contribution in [0.2, 0.25) is 0 Å². The second kappa shape index (κ2) is 7.19. The van der Waals surface area contributed by atoms with Gasteiger partial charge in [-0.2, -0.15) is 0 Å². The number of methoxy groups -OCH3 is 1. The summed E-state index contributed by atoms with van der Waals surface area (Å²) < 4.78 is 11.0. The SMILES string of the molecule is COc1cccc(C=Nc2cc(-c3nc4cc(C)ccc4o3)ccc2C)c1O. The molecule has 0 bridgehead atoms. The van der Waals surface area contributed by atoms with Crippen LogP contribution in [0.3, 0.4) is 0 Å². The summed E-state index contributed by atoms with van der Waals surface area (Å²) in [6.07, 6.45) is 1.62. The van der Waals surface area contributed by atoms with Crippen LogP contribution in [-0.2, 0) is 0 Å². The average Bonchev–Trinajstić information content (AvgIpc) is 3.11. The van der Waals surface area contributed by atoms with Gasteiger partial charge in [-0.3, -0.25) is 4.99 Å². The molecule has 0 atom stereocenters. The van der Waals surface area contributed by atoms with Gasteiger partial charge in [0.2, 0.25) is 5.89 Å². The number of oxazole rings is 1. The molecule has 1 aromatic heterocycles. The zero-order valence-corrected chi connectivity index (χ0v) is 15.9. The van der Waals surface area contributed by atoms with Gasteiger partial charge in [-0.05, 0) is 61.4 Å². The Kier molecular flexibility index (Phi) is 4.57. The van der Waals surface area contributed by atoms with Crippen molar-refractivity contribution in [3.8, 4) is 23.0 Å². The molecule has 0 aliphatic heterocycles. The summed E-state index contributed by atoms with van der Waals surface area (Å²) in [5.74, 6) is 1.04. The van der Waals surface area contributed by atoms with E-state index in [-0.39, 0.29) is 5.75 Å². The van der Waals surface area contributed by atoms with Crippen molar-refractivity contribution in [3.63, 3.8) is 0 Å². The number of aromatic hydroxyl groups is 1. The van der Waals surface area contributed by atoms with Crippen LogP contribution in [0.4, 0.5) is 5.69 Å². The number of aromatic nitrogens is 1. The Balaban J connectivity index is 1.71. The van der Waals surface area contributed by atoms with Crippen LogP contribution in [0.5, 0.6) is 11.5 Å². The molecule has 1 N–H and O–H groups in total. The van der Waals surface area contributed by atoms with Gasteiger partial charge in [0.25, 0.3) is 0 Å². The van der Waals surface area contributed by atoms with Crippen LogP contribution in [-0.4, -0.2) is 23.4 Å². The summed E-state index contributed by atoms with van der Waals surface area (Å²) in [5.41, 5.74) is 5.95. The molecule has 5 heteroatoms. The van der Waals surface area contributed by atoms with Gasteiger partial charge in [-0.1, -0.05) is 18.2 Å². The minimum absolute atomic E-state index is 0.0666. The second-order valence-electron chi connectivity index (χ2n) is 6.65. The van der Waals surface area contributed by atoms with Gasteiger partial charge in [0.1, 0.15) is 5.52 Å². The van der Waals surface area contributed by atoms with Crippen molar-refractivity contribution in [2.75, 3.05) is 7.11 Å². The molecule has 0 radical (unpaired) electrons. The molecule has 4 aromatic rings. The molecule has 4 rings (SSSR count). The number of aryl methyl sites for hydroxylation is 2. The fourth-order valence-corrected chi connectivity index (χ4v) is 2.99. The molecule has 140 valence electrons. The van der Waals surface area contributed by atoms with Crippen molar-refractivity contribution in [1.29, 1.82) is 0 Å². The van der Waals surface area contributed by atoms with E-state index in [9.17, 15) is 5.11 Å². The summed E-state index contributed by atoms with van der Waals surface area (Å²) in [5, 5.41) is 10.2. The van der Waals surface area contributed by atoms with Gasteiger partial charge in [0, 0.05) is 17.3 Å². The number of phenolic OH excluding ortho intramolecular Hbond substituents is 1. The van der Waals surface area contributed by atoms with Gasteiger partial charge in [0.15, 0.2) is 17.1 Å². The third kappa shape index (κ3) is 3.34. The average molecular weight is 372 g/mol. The van der Waals surface area contributed by atoms with Gasteiger partial charge in [0.05, 0.1) is 12.8 Å². The van der Waals surface area contributed by atoms with Gasteiger partial charge in [-0.25, -0.2) is 4.98 Å². The van der Waals surface area contributed by atoms with Gasteiger partial charge in [-0.15, -0.1) is 0 Å². The van der Waals surface area contributed by atoms with Gasteiger partial charge >= 0.3 is 0 Å². The molecule has 0 aliphatic carbocycles. The highest BCUT2D eigenvalue weighted by Crippen LogP contribution is 2.31. The molecule has 0 aliphatic rings. The first-order valence-electron chi connectivity index (χ1n) is 8.93. The molecule has 0 spiro atoms. The first kappa shape index (κ1) is 17.8. The first-order chi connectivity index (χ1) is 13.5. The number of fused-ring (bicyclic) bond motifs is 1. The van der Waals surface area contributed by atoms with Gasteiger partial charge < -0.3 is 14.3 Å². The molecule has 28 heavy (non-hydrogen) atoms. The highest BCUT2D eigenvalue weighted by atomic mass is 16.5. The Morgan fingerprint density at radius 2 is 1.93 bits per heavy atom. The van der Waals surface area contributed by atoms with E-state index >= 15 is 0 Å². The topological polar surface area (TPSA) is 67.9 Å². The predicted molar refractivity (Wildman–Crippen MR) is 111 cm³/mol. The number of nitrogens with zero attached hydrogens (tertiary/aromatic N) is 2. The van der Waals surface area contributed by atoms with Crippen molar-refractivity contribution < 1.29 is 14.3 Å².